The number of aromatic nitrogens is 2. The number of carbonyl (C=O) groups is 1. The Labute approximate surface area is 174 Å². The van der Waals surface area contributed by atoms with Gasteiger partial charge in [0.05, 0.1) is 11.3 Å². The number of halogens is 3. The van der Waals surface area contributed by atoms with Crippen LogP contribution >= 0.6 is 15.9 Å². The summed E-state index contributed by atoms with van der Waals surface area (Å²) in [5.41, 5.74) is -0.275. The van der Waals surface area contributed by atoms with Gasteiger partial charge < -0.3 is 4.57 Å². The number of hydrogen-bond acceptors (Lipinski definition) is 4. The summed E-state index contributed by atoms with van der Waals surface area (Å²) in [6.45, 7) is 1.72. The number of carbonyl (C=O) groups excluding carboxylic acids is 1. The van der Waals surface area contributed by atoms with Gasteiger partial charge in [-0.05, 0) is 46.6 Å². The van der Waals surface area contributed by atoms with Gasteiger partial charge in [-0.15, -0.1) is 0 Å². The van der Waals surface area contributed by atoms with Crippen LogP contribution in [-0.4, -0.2) is 23.9 Å². The lowest BCUT2D eigenvalue weighted by atomic mass is 10.2. The standard InChI is InChI=1S/C19H16BrF2N3O3S/c1-3-14-17(19(26)24-29(27,28)15-10-5-4-7-11(15)20)23-18(25(14)2)16-12(21)8-6-9-13(16)22/h4-10H,3H2,1-2H3,(H,24,26). The largest absolute Gasteiger partial charge is 0.330 e. The van der Waals surface area contributed by atoms with E-state index in [0.29, 0.717) is 5.69 Å². The van der Waals surface area contributed by atoms with Crippen LogP contribution in [0.25, 0.3) is 11.4 Å². The van der Waals surface area contributed by atoms with Crippen molar-refractivity contribution in [3.05, 3.63) is 70.0 Å². The summed E-state index contributed by atoms with van der Waals surface area (Å²) < 4.78 is 57.2. The first-order chi connectivity index (χ1) is 13.7. The molecule has 152 valence electrons. The van der Waals surface area contributed by atoms with Crippen LogP contribution in [0.2, 0.25) is 0 Å². The molecule has 0 unspecified atom stereocenters. The molecule has 6 nitrogen and oxygen atoms in total. The van der Waals surface area contributed by atoms with Crippen LogP contribution in [0.5, 0.6) is 0 Å². The van der Waals surface area contributed by atoms with Crippen molar-refractivity contribution in [2.75, 3.05) is 0 Å². The summed E-state index contributed by atoms with van der Waals surface area (Å²) >= 11 is 3.14. The van der Waals surface area contributed by atoms with Crippen molar-refractivity contribution in [2.45, 2.75) is 18.2 Å². The van der Waals surface area contributed by atoms with Crippen LogP contribution in [0.1, 0.15) is 23.1 Å². The molecule has 0 atom stereocenters. The third-order valence-electron chi connectivity index (χ3n) is 4.30. The third-order valence-corrected chi connectivity index (χ3v) is 6.65. The third kappa shape index (κ3) is 3.95. The fourth-order valence-corrected chi connectivity index (χ4v) is 4.90. The van der Waals surface area contributed by atoms with E-state index in [1.54, 1.807) is 13.0 Å². The molecular formula is C19H16BrF2N3O3S. The lowest BCUT2D eigenvalue weighted by molar-refractivity contribution is 0.0976. The van der Waals surface area contributed by atoms with Gasteiger partial charge in [-0.25, -0.2) is 26.9 Å². The summed E-state index contributed by atoms with van der Waals surface area (Å²) in [5, 5.41) is 0. The number of nitrogens with one attached hydrogen (secondary N) is 1. The summed E-state index contributed by atoms with van der Waals surface area (Å²) in [4.78, 5) is 16.7. The highest BCUT2D eigenvalue weighted by molar-refractivity contribution is 9.10. The molecule has 1 aromatic heterocycles. The second kappa shape index (κ2) is 8.03. The fraction of sp³-hybridized carbons (Fsp3) is 0.158. The van der Waals surface area contributed by atoms with E-state index in [-0.39, 0.29) is 27.3 Å². The Morgan fingerprint density at radius 2 is 1.76 bits per heavy atom. The number of rotatable bonds is 5. The molecule has 3 rings (SSSR count). The molecular weight excluding hydrogens is 468 g/mol. The zero-order valence-electron chi connectivity index (χ0n) is 15.4. The minimum absolute atomic E-state index is 0.110. The van der Waals surface area contributed by atoms with E-state index in [9.17, 15) is 22.0 Å². The summed E-state index contributed by atoms with van der Waals surface area (Å²) in [6, 6.07) is 9.38. The molecule has 0 aliphatic rings. The van der Waals surface area contributed by atoms with E-state index in [0.717, 1.165) is 12.1 Å². The van der Waals surface area contributed by atoms with Gasteiger partial charge in [0.15, 0.2) is 5.69 Å². The molecule has 1 heterocycles. The summed E-state index contributed by atoms with van der Waals surface area (Å²) in [7, 11) is -2.69. The van der Waals surface area contributed by atoms with E-state index < -0.39 is 33.1 Å². The van der Waals surface area contributed by atoms with Crippen LogP contribution in [0.3, 0.4) is 0 Å². The zero-order valence-corrected chi connectivity index (χ0v) is 17.8. The Bertz CT molecular complexity index is 1190. The van der Waals surface area contributed by atoms with Gasteiger partial charge in [0.1, 0.15) is 22.4 Å². The molecule has 0 saturated carbocycles. The van der Waals surface area contributed by atoms with E-state index >= 15 is 0 Å². The Morgan fingerprint density at radius 3 is 2.34 bits per heavy atom. The van der Waals surface area contributed by atoms with Gasteiger partial charge in [0.25, 0.3) is 15.9 Å². The van der Waals surface area contributed by atoms with E-state index in [1.807, 2.05) is 4.72 Å². The molecule has 2 aromatic carbocycles. The van der Waals surface area contributed by atoms with Gasteiger partial charge in [-0.3, -0.25) is 4.79 Å². The van der Waals surface area contributed by atoms with Gasteiger partial charge in [0.2, 0.25) is 0 Å². The van der Waals surface area contributed by atoms with Crippen LogP contribution in [0, 0.1) is 11.6 Å². The van der Waals surface area contributed by atoms with Crippen molar-refractivity contribution in [3.8, 4) is 11.4 Å². The number of imidazole rings is 1. The van der Waals surface area contributed by atoms with E-state index in [4.69, 9.17) is 0 Å². The first-order valence-electron chi connectivity index (χ1n) is 8.49. The van der Waals surface area contributed by atoms with Crippen molar-refractivity contribution in [2.24, 2.45) is 7.05 Å². The second-order valence-corrected chi connectivity index (χ2v) is 8.61. The van der Waals surface area contributed by atoms with Gasteiger partial charge in [-0.1, -0.05) is 25.1 Å². The Hall–Kier alpha value is -2.59. The molecule has 29 heavy (non-hydrogen) atoms. The monoisotopic (exact) mass is 483 g/mol. The lowest BCUT2D eigenvalue weighted by Crippen LogP contribution is -2.31. The Balaban J connectivity index is 2.06. The molecule has 10 heteroatoms. The highest BCUT2D eigenvalue weighted by Gasteiger charge is 2.27. The Kier molecular flexibility index (Phi) is 5.85. The van der Waals surface area contributed by atoms with Crippen molar-refractivity contribution >= 4 is 31.9 Å². The number of sulfonamides is 1. The molecule has 3 aromatic rings. The first-order valence-corrected chi connectivity index (χ1v) is 10.8. The predicted octanol–water partition coefficient (Wildman–Crippen LogP) is 3.81. The highest BCUT2D eigenvalue weighted by Crippen LogP contribution is 2.28. The van der Waals surface area contributed by atoms with E-state index in [1.165, 1.54) is 35.9 Å². The molecule has 0 aliphatic carbocycles. The molecule has 1 amide bonds. The van der Waals surface area contributed by atoms with Crippen LogP contribution in [0.4, 0.5) is 8.78 Å². The lowest BCUT2D eigenvalue weighted by Gasteiger charge is -2.08. The SMILES string of the molecule is CCc1c(C(=O)NS(=O)(=O)c2ccccc2Br)nc(-c2c(F)cccc2F)n1C. The van der Waals surface area contributed by atoms with Crippen molar-refractivity contribution < 1.29 is 22.0 Å². The predicted molar refractivity (Wildman–Crippen MR) is 107 cm³/mol. The first kappa shape index (κ1) is 21.1. The zero-order chi connectivity index (χ0) is 21.3. The smallest absolute Gasteiger partial charge is 0.285 e. The number of hydrogen-bond donors (Lipinski definition) is 1. The molecule has 0 aliphatic heterocycles. The van der Waals surface area contributed by atoms with Gasteiger partial charge >= 0.3 is 0 Å². The maximum Gasteiger partial charge on any atom is 0.285 e. The average Bonchev–Trinajstić information content (AvgIpc) is 2.98. The second-order valence-electron chi connectivity index (χ2n) is 6.10. The number of nitrogens with zero attached hydrogens (tertiary/aromatic N) is 2. The highest BCUT2D eigenvalue weighted by atomic mass is 79.9. The molecule has 0 radical (unpaired) electrons. The van der Waals surface area contributed by atoms with Crippen LogP contribution < -0.4 is 4.72 Å². The van der Waals surface area contributed by atoms with E-state index in [2.05, 4.69) is 20.9 Å². The summed E-state index contributed by atoms with van der Waals surface area (Å²) in [6.07, 6.45) is 0.289. The number of amides is 1. The van der Waals surface area contributed by atoms with Crippen LogP contribution in [-0.2, 0) is 23.5 Å². The fourth-order valence-electron chi connectivity index (χ4n) is 2.94. The topological polar surface area (TPSA) is 81.1 Å². The average molecular weight is 484 g/mol. The normalized spacial score (nSPS) is 11.5. The molecule has 0 bridgehead atoms. The van der Waals surface area contributed by atoms with Crippen molar-refractivity contribution in [3.63, 3.8) is 0 Å². The minimum Gasteiger partial charge on any atom is -0.330 e. The maximum atomic E-state index is 14.2. The van der Waals surface area contributed by atoms with Crippen molar-refractivity contribution in [1.29, 1.82) is 0 Å². The molecule has 1 N–H and O–H groups in total. The van der Waals surface area contributed by atoms with Gasteiger partial charge in [0, 0.05) is 11.5 Å². The Morgan fingerprint density at radius 1 is 1.14 bits per heavy atom. The van der Waals surface area contributed by atoms with Crippen LogP contribution in [0.15, 0.2) is 51.8 Å². The maximum absolute atomic E-state index is 14.2. The van der Waals surface area contributed by atoms with Gasteiger partial charge in [-0.2, -0.15) is 0 Å². The van der Waals surface area contributed by atoms with Crippen molar-refractivity contribution in [1.82, 2.24) is 14.3 Å². The molecule has 0 saturated heterocycles. The minimum atomic E-state index is -4.19. The summed E-state index contributed by atoms with van der Waals surface area (Å²) in [5.74, 6) is -2.78. The number of benzene rings is 2. The quantitative estimate of drug-likeness (QED) is 0.598. The molecule has 0 spiro atoms. The molecule has 0 fully saturated rings.